The second kappa shape index (κ2) is 9.84. The zero-order chi connectivity index (χ0) is 18.1. The number of amides is 1. The molecule has 0 spiro atoms. The second-order valence-corrected chi connectivity index (χ2v) is 5.15. The Balaban J connectivity index is 0. The van der Waals surface area contributed by atoms with Crippen molar-refractivity contribution < 1.29 is 49.6 Å². The molecule has 0 radical (unpaired) electrons. The van der Waals surface area contributed by atoms with Gasteiger partial charge >= 0.3 is 7.82 Å². The maximum absolute atomic E-state index is 11.1. The van der Waals surface area contributed by atoms with Crippen molar-refractivity contribution in [1.29, 1.82) is 0 Å². The van der Waals surface area contributed by atoms with Crippen molar-refractivity contribution in [1.82, 2.24) is 0 Å². The Labute approximate surface area is 125 Å². The Morgan fingerprint density at radius 2 is 1.64 bits per heavy atom. The molecule has 0 aromatic heterocycles. The largest absolute Gasteiger partial charge is 0.466 e. The van der Waals surface area contributed by atoms with Gasteiger partial charge in [-0.2, -0.15) is 0 Å². The van der Waals surface area contributed by atoms with E-state index in [-0.39, 0.29) is 0 Å². The number of nitrogens with two attached hydrogens (primary N) is 2. The Kier molecular flexibility index (Phi) is 10.4. The SMILES string of the molecule is NC=CCC(O)(C(N)=O)C(O)C(O)C(O)CO.O=P(O)(O)O. The van der Waals surface area contributed by atoms with Gasteiger partial charge in [-0.1, -0.05) is 6.08 Å². The van der Waals surface area contributed by atoms with E-state index in [1.54, 1.807) is 0 Å². The van der Waals surface area contributed by atoms with E-state index in [1.165, 1.54) is 0 Å². The third-order valence-corrected chi connectivity index (χ3v) is 2.39. The lowest BCUT2D eigenvalue weighted by atomic mass is 9.86. The minimum absolute atomic E-state index is 0.435. The Bertz CT molecular complexity index is 405. The van der Waals surface area contributed by atoms with Crippen molar-refractivity contribution in [2.75, 3.05) is 6.61 Å². The van der Waals surface area contributed by atoms with Crippen LogP contribution in [-0.2, 0) is 9.36 Å². The van der Waals surface area contributed by atoms with E-state index >= 15 is 0 Å². The van der Waals surface area contributed by atoms with E-state index in [4.69, 9.17) is 40.9 Å². The van der Waals surface area contributed by atoms with Crippen LogP contribution in [0, 0.1) is 0 Å². The first-order valence-electron chi connectivity index (χ1n) is 5.63. The first-order valence-corrected chi connectivity index (χ1v) is 7.20. The van der Waals surface area contributed by atoms with Crippen LogP contribution >= 0.6 is 7.82 Å². The first kappa shape index (κ1) is 23.2. The number of rotatable bonds is 7. The van der Waals surface area contributed by atoms with Gasteiger partial charge in [0.2, 0.25) is 0 Å². The lowest BCUT2D eigenvalue weighted by Gasteiger charge is -2.33. The number of hydrogen-bond donors (Lipinski definition) is 10. The van der Waals surface area contributed by atoms with Gasteiger partial charge < -0.3 is 51.7 Å². The van der Waals surface area contributed by atoms with Crippen molar-refractivity contribution >= 4 is 13.7 Å². The van der Waals surface area contributed by atoms with Crippen LogP contribution in [0.5, 0.6) is 0 Å². The van der Waals surface area contributed by atoms with Crippen LogP contribution in [0.4, 0.5) is 0 Å². The number of primary amides is 1. The molecule has 132 valence electrons. The molecule has 0 aliphatic rings. The highest BCUT2D eigenvalue weighted by atomic mass is 31.2. The highest BCUT2D eigenvalue weighted by Gasteiger charge is 2.46. The molecule has 0 saturated carbocycles. The lowest BCUT2D eigenvalue weighted by Crippen LogP contribution is -2.60. The summed E-state index contributed by atoms with van der Waals surface area (Å²) in [6.45, 7) is -0.847. The number of phosphoric acid groups is 1. The predicted octanol–water partition coefficient (Wildman–Crippen LogP) is -4.79. The Morgan fingerprint density at radius 3 is 1.91 bits per heavy atom. The standard InChI is InChI=1S/C9H18N2O6.H3O4P/c10-3-1-2-9(17,8(11)16)7(15)6(14)5(13)4-12;1-5(2,3)4/h1,3,5-7,12-15,17H,2,4,10H2,(H2,11,16);(H3,1,2,3,4). The van der Waals surface area contributed by atoms with Crippen LogP contribution in [-0.4, -0.2) is 76.6 Å². The van der Waals surface area contributed by atoms with Crippen molar-refractivity contribution in [3.05, 3.63) is 12.3 Å². The normalized spacial score (nSPS) is 18.7. The minimum Gasteiger partial charge on any atom is -0.405 e. The summed E-state index contributed by atoms with van der Waals surface area (Å²) in [7, 11) is -4.64. The van der Waals surface area contributed by atoms with Gasteiger partial charge in [0.15, 0.2) is 5.60 Å². The summed E-state index contributed by atoms with van der Waals surface area (Å²) in [4.78, 5) is 32.6. The summed E-state index contributed by atoms with van der Waals surface area (Å²) in [6.07, 6.45) is -3.95. The van der Waals surface area contributed by atoms with Crippen LogP contribution in [0.3, 0.4) is 0 Å². The molecular weight excluding hydrogens is 327 g/mol. The molecule has 0 aliphatic carbocycles. The molecule has 0 aromatic rings. The van der Waals surface area contributed by atoms with Gasteiger partial charge in [0.05, 0.1) is 6.61 Å². The van der Waals surface area contributed by atoms with Gasteiger partial charge in [0.1, 0.15) is 18.3 Å². The topological polar surface area (TPSA) is 248 Å². The lowest BCUT2D eigenvalue weighted by molar-refractivity contribution is -0.173. The number of carbonyl (C=O) groups excluding carboxylic acids is 1. The fourth-order valence-corrected chi connectivity index (χ4v) is 1.22. The molecule has 1 amide bonds. The van der Waals surface area contributed by atoms with E-state index in [9.17, 15) is 20.1 Å². The molecule has 13 heteroatoms. The summed E-state index contributed by atoms with van der Waals surface area (Å²) < 4.78 is 8.88. The monoisotopic (exact) mass is 348 g/mol. The molecule has 12 N–H and O–H groups in total. The fourth-order valence-electron chi connectivity index (χ4n) is 1.22. The molecular formula is C9H21N2O10P. The van der Waals surface area contributed by atoms with Gasteiger partial charge in [-0.05, 0) is 6.20 Å². The van der Waals surface area contributed by atoms with Crippen LogP contribution in [0.25, 0.3) is 0 Å². The van der Waals surface area contributed by atoms with Crippen molar-refractivity contribution in [3.8, 4) is 0 Å². The smallest absolute Gasteiger partial charge is 0.405 e. The molecule has 0 aliphatic heterocycles. The molecule has 0 saturated heterocycles. The second-order valence-electron chi connectivity index (χ2n) is 4.12. The van der Waals surface area contributed by atoms with E-state index in [1.807, 2.05) is 0 Å². The van der Waals surface area contributed by atoms with Crippen LogP contribution in [0.2, 0.25) is 0 Å². The van der Waals surface area contributed by atoms with E-state index in [2.05, 4.69) is 0 Å². The van der Waals surface area contributed by atoms with Crippen LogP contribution in [0.1, 0.15) is 6.42 Å². The molecule has 22 heavy (non-hydrogen) atoms. The summed E-state index contributed by atoms with van der Waals surface area (Å²) in [6, 6.07) is 0. The molecule has 4 atom stereocenters. The Morgan fingerprint density at radius 1 is 1.23 bits per heavy atom. The minimum atomic E-state index is -4.64. The van der Waals surface area contributed by atoms with E-state index in [0.29, 0.717) is 0 Å². The van der Waals surface area contributed by atoms with E-state index in [0.717, 1.165) is 12.3 Å². The first-order chi connectivity index (χ1) is 9.81. The van der Waals surface area contributed by atoms with Gasteiger partial charge in [0, 0.05) is 6.42 Å². The maximum Gasteiger partial charge on any atom is 0.466 e. The summed E-state index contributed by atoms with van der Waals surface area (Å²) in [5.41, 5.74) is 7.45. The number of aliphatic hydroxyl groups is 5. The zero-order valence-corrected chi connectivity index (χ0v) is 12.2. The van der Waals surface area contributed by atoms with Gasteiger partial charge in [-0.15, -0.1) is 0 Å². The zero-order valence-electron chi connectivity index (χ0n) is 11.3. The number of aliphatic hydroxyl groups excluding tert-OH is 4. The van der Waals surface area contributed by atoms with Crippen LogP contribution in [0.15, 0.2) is 12.3 Å². The highest BCUT2D eigenvalue weighted by molar-refractivity contribution is 7.45. The van der Waals surface area contributed by atoms with Crippen molar-refractivity contribution in [3.63, 3.8) is 0 Å². The quantitative estimate of drug-likeness (QED) is 0.195. The third kappa shape index (κ3) is 9.04. The molecule has 0 rings (SSSR count). The summed E-state index contributed by atoms with van der Waals surface area (Å²) in [5, 5.41) is 46.5. The van der Waals surface area contributed by atoms with Crippen LogP contribution < -0.4 is 11.5 Å². The molecule has 12 nitrogen and oxygen atoms in total. The molecule has 0 heterocycles. The average Bonchev–Trinajstić information content (AvgIpc) is 2.39. The summed E-state index contributed by atoms with van der Waals surface area (Å²) in [5.74, 6) is -1.28. The van der Waals surface area contributed by atoms with Gasteiger partial charge in [-0.3, -0.25) is 4.79 Å². The average molecular weight is 348 g/mol. The summed E-state index contributed by atoms with van der Waals surface area (Å²) >= 11 is 0. The van der Waals surface area contributed by atoms with Gasteiger partial charge in [0.25, 0.3) is 5.91 Å². The predicted molar refractivity (Wildman–Crippen MR) is 71.5 cm³/mol. The molecule has 0 aromatic carbocycles. The maximum atomic E-state index is 11.1. The van der Waals surface area contributed by atoms with Crippen molar-refractivity contribution in [2.45, 2.75) is 30.3 Å². The Hall–Kier alpha value is -1.08. The third-order valence-electron chi connectivity index (χ3n) is 2.39. The van der Waals surface area contributed by atoms with Crippen molar-refractivity contribution in [2.24, 2.45) is 11.5 Å². The van der Waals surface area contributed by atoms with E-state index < -0.39 is 50.7 Å². The molecule has 0 fully saturated rings. The molecule has 4 unspecified atom stereocenters. The molecule has 0 bridgehead atoms. The van der Waals surface area contributed by atoms with Gasteiger partial charge in [-0.25, -0.2) is 4.57 Å². The highest BCUT2D eigenvalue weighted by Crippen LogP contribution is 2.25. The fraction of sp³-hybridized carbons (Fsp3) is 0.667. The number of carbonyl (C=O) groups is 1. The number of hydrogen-bond acceptors (Lipinski definition) is 8.